The molecule has 1 radical (unpaired) electrons. The van der Waals surface area contributed by atoms with Crippen LogP contribution in [0, 0.1) is 46.0 Å². The molecule has 13 heteroatoms. The van der Waals surface area contributed by atoms with Crippen molar-refractivity contribution in [2.24, 2.45) is 0 Å². The quantitative estimate of drug-likeness (QED) is 0.349. The van der Waals surface area contributed by atoms with Crippen molar-refractivity contribution in [1.29, 1.82) is 0 Å². The zero-order valence-electron chi connectivity index (χ0n) is 5.35. The number of nitrogens with zero attached hydrogens (tertiary/aromatic N) is 3. The van der Waals surface area contributed by atoms with Gasteiger partial charge in [0.1, 0.15) is 0 Å². The smallest absolute Gasteiger partial charge is 0.0689 e. The molecule has 0 aliphatic rings. The molecule has 12 nitrogen and oxygen atoms in total. The van der Waals surface area contributed by atoms with Gasteiger partial charge in [0.15, 0.2) is 0 Å². The molecule has 0 saturated carbocycles. The summed E-state index contributed by atoms with van der Waals surface area (Å²) in [6.07, 6.45) is 0. The maximum absolute atomic E-state index is 8.25. The van der Waals surface area contributed by atoms with Crippen molar-refractivity contribution in [2.45, 2.75) is 0 Å². The molecule has 0 N–H and O–H groups in total. The Hall–Kier alpha value is -3.40. The largest absolute Gasteiger partial charge is 0.356 e. The summed E-state index contributed by atoms with van der Waals surface area (Å²) in [6.45, 7) is 0. The van der Waals surface area contributed by atoms with Crippen molar-refractivity contribution in [1.82, 2.24) is 0 Å². The second-order valence-electron chi connectivity index (χ2n) is 0.671. The fourth-order valence-corrected chi connectivity index (χ4v) is 0. The number of hydrogen-bond donors (Lipinski definition) is 0. The van der Waals surface area contributed by atoms with Crippen LogP contribution in [0.2, 0.25) is 0 Å². The average Bonchev–Trinajstić information content (AvgIpc) is 1.54. The van der Waals surface area contributed by atoms with E-state index in [1.807, 2.05) is 0 Å². The molecular weight excluding hydrogens is 433 g/mol. The maximum atomic E-state index is 8.25. The van der Waals surface area contributed by atoms with Crippen molar-refractivity contribution in [3.8, 4) is 0 Å². The summed E-state index contributed by atoms with van der Waals surface area (Å²) < 4.78 is 0. The van der Waals surface area contributed by atoms with Crippen molar-refractivity contribution in [3.63, 3.8) is 0 Å². The third-order valence-electron chi connectivity index (χ3n) is 0. The molecule has 0 rings (SSSR count). The van der Waals surface area contributed by atoms with Gasteiger partial charge in [-0.2, -0.15) is 0 Å². The maximum Gasteiger partial charge on any atom is 0.0689 e. The molecule has 0 aromatic carbocycles. The van der Waals surface area contributed by atoms with Gasteiger partial charge in [-0.25, -0.2) is 0 Å². The summed E-state index contributed by atoms with van der Waals surface area (Å²) in [6, 6.07) is 0. The van der Waals surface area contributed by atoms with E-state index >= 15 is 0 Å². The van der Waals surface area contributed by atoms with Crippen LogP contribution in [0.3, 0.4) is 0 Å². The Bertz CT molecular complexity index is 112. The average molecular weight is 433 g/mol. The van der Waals surface area contributed by atoms with Crippen molar-refractivity contribution in [2.75, 3.05) is 0 Å². The van der Waals surface area contributed by atoms with Crippen LogP contribution in [0.25, 0.3) is 0 Å². The van der Waals surface area contributed by atoms with Gasteiger partial charge in [-0.1, -0.05) is 0 Å². The van der Waals surface area contributed by atoms with Gasteiger partial charge in [-0.15, -0.1) is 0 Å². The van der Waals surface area contributed by atoms with Crippen LogP contribution in [-0.4, -0.2) is 15.3 Å². The zero-order valence-corrected chi connectivity index (χ0v) is 8.13. The fourth-order valence-electron chi connectivity index (χ4n) is 0. The van der Waals surface area contributed by atoms with E-state index in [1.54, 1.807) is 0 Å². The van der Waals surface area contributed by atoms with Crippen LogP contribution in [-0.2, 0) is 0 Å². The summed E-state index contributed by atoms with van der Waals surface area (Å²) >= 11 is 0. The van der Waals surface area contributed by atoms with E-state index in [0.717, 1.165) is 0 Å². The first-order valence-corrected chi connectivity index (χ1v) is 1.64. The first kappa shape index (κ1) is 22.6. The molecule has 0 saturated heterocycles. The van der Waals surface area contributed by atoms with Gasteiger partial charge in [0.2, 0.25) is 0 Å². The zero-order chi connectivity index (χ0) is 10.7. The first-order valence-electron chi connectivity index (χ1n) is 1.64. The van der Waals surface area contributed by atoms with Crippen molar-refractivity contribution in [3.05, 3.63) is 46.0 Å². The van der Waals surface area contributed by atoms with E-state index in [1.165, 1.54) is 0 Å². The molecule has 81 valence electrons. The Labute approximate surface area is 62.6 Å². The Balaban J connectivity index is -0.0000000450. The minimum absolute atomic E-state index is 0. The molecule has 0 amide bonds. The fraction of sp³-hybridized carbons (Fsp3) is 0. The first-order chi connectivity index (χ1) is 5.20. The third-order valence-corrected chi connectivity index (χ3v) is 0. The molecule has 0 aromatic rings. The Morgan fingerprint density at radius 1 is 0.538 bits per heavy atom. The second-order valence-corrected chi connectivity index (χ2v) is 0.671. The van der Waals surface area contributed by atoms with Gasteiger partial charge >= 0.3 is 0 Å². The van der Waals surface area contributed by atoms with E-state index in [2.05, 4.69) is 0 Å². The van der Waals surface area contributed by atoms with Crippen molar-refractivity contribution >= 4 is 0 Å². The van der Waals surface area contributed by atoms with Gasteiger partial charge < -0.3 is 46.0 Å². The molecule has 0 aliphatic carbocycles. The Kier molecular flexibility index (Phi) is 27.6. The monoisotopic (exact) mass is 433 g/mol. The molecule has 0 unspecified atom stereocenters. The molecule has 13 heavy (non-hydrogen) atoms. The minimum Gasteiger partial charge on any atom is -0.356 e. The summed E-state index contributed by atoms with van der Waals surface area (Å²) in [5, 5.41) is 44.2. The predicted molar refractivity (Wildman–Crippen MR) is 31.1 cm³/mol. The van der Waals surface area contributed by atoms with E-state index in [-0.39, 0.29) is 0 Å². The molecular formula is BkN3O9-3. The van der Waals surface area contributed by atoms with E-state index in [0.29, 0.717) is 0 Å². The normalized spacial score (nSPS) is 5.54. The Morgan fingerprint density at radius 2 is 0.538 bits per heavy atom. The van der Waals surface area contributed by atoms with Crippen LogP contribution >= 0.6 is 0 Å². The number of hydrogen-bond acceptors (Lipinski definition) is 9. The van der Waals surface area contributed by atoms with Crippen LogP contribution < -0.4 is 0 Å². The second kappa shape index (κ2) is 15.8. The van der Waals surface area contributed by atoms with Gasteiger partial charge in [0.25, 0.3) is 0 Å². The number of rotatable bonds is 0. The van der Waals surface area contributed by atoms with Crippen LogP contribution in [0.1, 0.15) is 0 Å². The van der Waals surface area contributed by atoms with Gasteiger partial charge in [0, 0.05) is 0 Å². The van der Waals surface area contributed by atoms with Crippen LogP contribution in [0.4, 0.5) is 0 Å². The van der Waals surface area contributed by atoms with E-state index in [4.69, 9.17) is 46.0 Å². The van der Waals surface area contributed by atoms with E-state index < -0.39 is 15.3 Å². The summed E-state index contributed by atoms with van der Waals surface area (Å²) in [7, 11) is 0. The molecule has 0 spiro atoms. The van der Waals surface area contributed by atoms with Gasteiger partial charge in [-0.05, 0) is 0 Å². The molecule has 0 aromatic heterocycles. The minimum atomic E-state index is -1.75. The Morgan fingerprint density at radius 3 is 0.538 bits per heavy atom. The topological polar surface area (TPSA) is 199 Å². The standard InChI is InChI=1S/Bk.3NO3/c;3*2-1(3)4/q;3*-1. The van der Waals surface area contributed by atoms with Crippen LogP contribution in [0.5, 0.6) is 0 Å². The summed E-state index contributed by atoms with van der Waals surface area (Å²) in [5.74, 6) is 0. The van der Waals surface area contributed by atoms with E-state index in [9.17, 15) is 0 Å². The predicted octanol–water partition coefficient (Wildman–Crippen LogP) is -0.717. The van der Waals surface area contributed by atoms with Crippen LogP contribution in [0.15, 0.2) is 0 Å². The molecule has 0 fully saturated rings. The van der Waals surface area contributed by atoms with Gasteiger partial charge in [-0.3, -0.25) is 0 Å². The molecule has 0 aliphatic heterocycles. The molecule has 0 bridgehead atoms. The molecule has 0 heterocycles. The summed E-state index contributed by atoms with van der Waals surface area (Å²) in [5.41, 5.74) is 0. The SMILES string of the molecule is O=[N+]([O-])[O-].O=[N+]([O-])[O-].O=[N+]([O-])[O-].[Bk]. The van der Waals surface area contributed by atoms with Gasteiger partial charge in [0.05, 0.1) is 15.3 Å². The molecule has 0 atom stereocenters. The summed E-state index contributed by atoms with van der Waals surface area (Å²) in [4.78, 5) is 24.8. The van der Waals surface area contributed by atoms with Crippen molar-refractivity contribution < 1.29 is 15.3 Å². The third kappa shape index (κ3) is 32.4.